The second-order valence-electron chi connectivity index (χ2n) is 15.6. The quantitative estimate of drug-likeness (QED) is 0.120. The molecule has 0 aliphatic carbocycles. The number of aromatic nitrogens is 4. The number of benzene rings is 2. The molecule has 2 saturated heterocycles. The molecule has 2 aromatic carbocycles. The molecular weight excluding hydrogens is 789 g/mol. The van der Waals surface area contributed by atoms with Crippen molar-refractivity contribution in [1.82, 2.24) is 35.5 Å². The number of fused-ring (bicyclic) bond motifs is 1. The molecule has 2 fully saturated rings. The molecule has 0 spiro atoms. The van der Waals surface area contributed by atoms with Crippen molar-refractivity contribution in [1.29, 1.82) is 0 Å². The number of para-hydroxylation sites is 1. The Hall–Kier alpha value is -5.42. The van der Waals surface area contributed by atoms with Gasteiger partial charge >= 0.3 is 0 Å². The molecule has 4 atom stereocenters. The van der Waals surface area contributed by atoms with Crippen LogP contribution in [-0.4, -0.2) is 110 Å². The normalized spacial score (nSPS) is 18.4. The molecular formula is C43H48N8O6S2. The number of aryl methyl sites for hydroxylation is 1. The molecule has 3 N–H and O–H groups in total. The van der Waals surface area contributed by atoms with Crippen LogP contribution in [0.1, 0.15) is 56.2 Å². The maximum absolute atomic E-state index is 14.2. The molecule has 2 aliphatic rings. The fourth-order valence-corrected chi connectivity index (χ4v) is 9.77. The minimum absolute atomic E-state index is 0.0553. The average Bonchev–Trinajstić information content (AvgIpc) is 4.05. The van der Waals surface area contributed by atoms with Crippen LogP contribution in [0, 0.1) is 12.8 Å². The molecule has 0 bridgehead atoms. The number of nitrogens with zero attached hydrogens (tertiary/aromatic N) is 7. The van der Waals surface area contributed by atoms with E-state index in [1.165, 1.54) is 4.90 Å². The second-order valence-corrected chi connectivity index (χ2v) is 17.5. The zero-order valence-corrected chi connectivity index (χ0v) is 35.1. The number of ether oxygens (including phenoxy) is 1. The number of phenolic OH excluding ortho intramolecular Hbond substituents is 1. The average molecular weight is 837 g/mol. The maximum Gasteiger partial charge on any atom is 0.254 e. The lowest BCUT2D eigenvalue weighted by Gasteiger charge is -2.35. The summed E-state index contributed by atoms with van der Waals surface area (Å²) < 4.78 is 12.7. The first-order valence-electron chi connectivity index (χ1n) is 19.9. The van der Waals surface area contributed by atoms with Crippen LogP contribution in [-0.2, 0) is 9.59 Å². The zero-order valence-electron chi connectivity index (χ0n) is 33.4. The summed E-state index contributed by atoms with van der Waals surface area (Å²) in [5.41, 5.74) is 6.95. The summed E-state index contributed by atoms with van der Waals surface area (Å²) in [6.07, 6.45) is -0.670. The predicted molar refractivity (Wildman–Crippen MR) is 228 cm³/mol. The van der Waals surface area contributed by atoms with Gasteiger partial charge in [-0.3, -0.25) is 14.5 Å². The van der Waals surface area contributed by atoms with Crippen LogP contribution in [0.25, 0.3) is 31.9 Å². The molecule has 4 aromatic heterocycles. The lowest BCUT2D eigenvalue weighted by Crippen LogP contribution is -2.48. The Bertz CT molecular complexity index is 2410. The molecule has 59 heavy (non-hydrogen) atoms. The van der Waals surface area contributed by atoms with Crippen LogP contribution in [0.2, 0.25) is 0 Å². The van der Waals surface area contributed by atoms with Crippen LogP contribution in [0.15, 0.2) is 76.8 Å². The summed E-state index contributed by atoms with van der Waals surface area (Å²) in [6, 6.07) is 19.8. The number of anilines is 1. The first-order valence-corrected chi connectivity index (χ1v) is 21.6. The predicted octanol–water partition coefficient (Wildman–Crippen LogP) is 6.26. The number of likely N-dealkylation sites (tertiary alicyclic amines) is 1. The number of β-amino-alcohol motifs (C(OH)–C–C–N with tert-alkyl or cyclic N) is 1. The van der Waals surface area contributed by atoms with Gasteiger partial charge in [-0.2, -0.15) is 0 Å². The molecule has 6 heterocycles. The van der Waals surface area contributed by atoms with Gasteiger partial charge in [-0.15, -0.1) is 32.9 Å². The Morgan fingerprint density at radius 1 is 1.02 bits per heavy atom. The van der Waals surface area contributed by atoms with E-state index in [0.717, 1.165) is 63.1 Å². The smallest absolute Gasteiger partial charge is 0.254 e. The number of phenols is 1. The Balaban J connectivity index is 0.831. The monoisotopic (exact) mass is 836 g/mol. The van der Waals surface area contributed by atoms with Gasteiger partial charge in [0.15, 0.2) is 5.76 Å². The molecule has 8 rings (SSSR count). The van der Waals surface area contributed by atoms with E-state index >= 15 is 0 Å². The molecule has 16 heteroatoms. The maximum atomic E-state index is 14.2. The van der Waals surface area contributed by atoms with Crippen molar-refractivity contribution in [3.8, 4) is 33.3 Å². The second kappa shape index (κ2) is 17.4. The van der Waals surface area contributed by atoms with E-state index in [0.29, 0.717) is 36.0 Å². The van der Waals surface area contributed by atoms with Gasteiger partial charge in [-0.25, -0.2) is 4.98 Å². The lowest BCUT2D eigenvalue weighted by atomic mass is 9.91. The topological polar surface area (TPSA) is 170 Å². The number of nitrogens with one attached hydrogen (secondary N) is 1. The summed E-state index contributed by atoms with van der Waals surface area (Å²) in [7, 11) is 0. The van der Waals surface area contributed by atoms with Gasteiger partial charge in [-0.1, -0.05) is 50.2 Å². The Labute approximate surface area is 350 Å². The van der Waals surface area contributed by atoms with Crippen molar-refractivity contribution in [2.45, 2.75) is 58.2 Å². The number of thiazole rings is 1. The van der Waals surface area contributed by atoms with Crippen molar-refractivity contribution < 1.29 is 29.1 Å². The van der Waals surface area contributed by atoms with Crippen LogP contribution in [0.5, 0.6) is 11.6 Å². The highest BCUT2D eigenvalue weighted by Crippen LogP contribution is 2.36. The molecule has 2 amide bonds. The third-order valence-corrected chi connectivity index (χ3v) is 13.3. The van der Waals surface area contributed by atoms with E-state index in [2.05, 4.69) is 41.5 Å². The number of piperazine rings is 1. The number of aliphatic hydroxyl groups excluding tert-OH is 1. The third kappa shape index (κ3) is 8.81. The van der Waals surface area contributed by atoms with E-state index in [1.807, 2.05) is 75.7 Å². The SMILES string of the molecule is Cc1ncsc1-c1ccc([C@H](C)NC(=O)[C@@H]2C[C@@H](O)CN2C(=O)[C@@H](c2cc(OCCN3CCN(c4cc5nnc(-c6ccccc6O)cc5s4)CC3)no2)C(C)C)cc1. The minimum atomic E-state index is -0.824. The van der Waals surface area contributed by atoms with Crippen LogP contribution >= 0.6 is 22.7 Å². The Kier molecular flexibility index (Phi) is 11.9. The van der Waals surface area contributed by atoms with Gasteiger partial charge in [0.05, 0.1) is 43.6 Å². The largest absolute Gasteiger partial charge is 0.507 e. The van der Waals surface area contributed by atoms with Gasteiger partial charge in [0, 0.05) is 63.4 Å². The number of thiophene rings is 1. The number of rotatable bonds is 13. The Morgan fingerprint density at radius 3 is 2.53 bits per heavy atom. The summed E-state index contributed by atoms with van der Waals surface area (Å²) in [5.74, 6) is -0.659. The van der Waals surface area contributed by atoms with E-state index in [4.69, 9.17) is 9.26 Å². The van der Waals surface area contributed by atoms with Gasteiger partial charge in [0.2, 0.25) is 11.8 Å². The zero-order chi connectivity index (χ0) is 41.2. The number of aromatic hydroxyl groups is 1. The summed E-state index contributed by atoms with van der Waals surface area (Å²) in [4.78, 5) is 39.4. The first-order chi connectivity index (χ1) is 28.5. The molecule has 2 aliphatic heterocycles. The van der Waals surface area contributed by atoms with E-state index in [-0.39, 0.29) is 42.5 Å². The third-order valence-electron chi connectivity index (χ3n) is 11.2. The van der Waals surface area contributed by atoms with Crippen LogP contribution in [0.3, 0.4) is 0 Å². The summed E-state index contributed by atoms with van der Waals surface area (Å²) in [6.45, 7) is 12.3. The fraction of sp³-hybridized carbons (Fsp3) is 0.395. The highest BCUT2D eigenvalue weighted by atomic mass is 32.1. The number of amides is 2. The highest BCUT2D eigenvalue weighted by Gasteiger charge is 2.43. The number of aliphatic hydroxyl groups is 1. The molecule has 0 unspecified atom stereocenters. The van der Waals surface area contributed by atoms with E-state index < -0.39 is 18.1 Å². The number of carbonyl (C=O) groups is 2. The van der Waals surface area contributed by atoms with Gasteiger partial charge in [0.1, 0.15) is 29.8 Å². The molecule has 6 aromatic rings. The molecule has 308 valence electrons. The van der Waals surface area contributed by atoms with E-state index in [9.17, 15) is 19.8 Å². The van der Waals surface area contributed by atoms with Gasteiger partial charge in [-0.05, 0) is 54.2 Å². The summed E-state index contributed by atoms with van der Waals surface area (Å²) in [5, 5.41) is 38.1. The van der Waals surface area contributed by atoms with Gasteiger partial charge in [0.25, 0.3) is 5.88 Å². The van der Waals surface area contributed by atoms with Gasteiger partial charge < -0.3 is 34.6 Å². The number of hydrogen-bond acceptors (Lipinski definition) is 14. The number of carbonyl (C=O) groups excluding carboxylic acids is 2. The van der Waals surface area contributed by atoms with Crippen molar-refractivity contribution in [3.05, 3.63) is 89.3 Å². The highest BCUT2D eigenvalue weighted by molar-refractivity contribution is 7.22. The van der Waals surface area contributed by atoms with Crippen LogP contribution in [0.4, 0.5) is 5.00 Å². The van der Waals surface area contributed by atoms with Crippen LogP contribution < -0.4 is 15.0 Å². The first kappa shape index (κ1) is 40.4. The minimum Gasteiger partial charge on any atom is -0.507 e. The molecule has 14 nitrogen and oxygen atoms in total. The van der Waals surface area contributed by atoms with Crippen molar-refractivity contribution in [3.63, 3.8) is 0 Å². The lowest BCUT2D eigenvalue weighted by molar-refractivity contribution is -0.141. The Morgan fingerprint density at radius 2 is 1.80 bits per heavy atom. The van der Waals surface area contributed by atoms with Crippen molar-refractivity contribution in [2.75, 3.05) is 50.8 Å². The molecule has 0 saturated carbocycles. The fourth-order valence-electron chi connectivity index (χ4n) is 7.88. The van der Waals surface area contributed by atoms with E-state index in [1.54, 1.807) is 40.9 Å². The van der Waals surface area contributed by atoms with Crippen molar-refractivity contribution >= 4 is 49.7 Å². The standard InChI is InChI=1S/C43H48N8O6S2/c1-25(2)40(43(55)51-23-30(52)19-34(51)42(54)45-26(3)28-9-11-29(12-10-28)41-27(4)44-24-58-41)36-22-38(48-57-36)56-18-17-49-13-15-50(16-14-49)39-21-33-37(59-39)20-32(46-47-33)31-7-5-6-8-35(31)53/h5-12,20-22,24-26,30,34,40,52-53H,13-19,23H2,1-4H3,(H,45,54)/t26-,30+,34-,40+/m0/s1. The van der Waals surface area contributed by atoms with Crippen molar-refractivity contribution in [2.24, 2.45) is 5.92 Å². The number of hydrogen-bond donors (Lipinski definition) is 3. The summed E-state index contributed by atoms with van der Waals surface area (Å²) >= 11 is 3.26. The molecule has 0 radical (unpaired) electrons.